The maximum atomic E-state index is 12.1. The molecule has 1 N–H and O–H groups in total. The van der Waals surface area contributed by atoms with Crippen molar-refractivity contribution in [2.45, 2.75) is 39.2 Å². The fraction of sp³-hybridized carbons (Fsp3) is 0.533. The van der Waals surface area contributed by atoms with Crippen LogP contribution < -0.4 is 5.32 Å². The Bertz CT molecular complexity index is 407. The van der Waals surface area contributed by atoms with Gasteiger partial charge in [-0.15, -0.1) is 0 Å². The van der Waals surface area contributed by atoms with Crippen LogP contribution in [0.25, 0.3) is 0 Å². The molecule has 0 saturated heterocycles. The molecule has 1 unspecified atom stereocenters. The van der Waals surface area contributed by atoms with Gasteiger partial charge in [-0.3, -0.25) is 4.79 Å². The summed E-state index contributed by atoms with van der Waals surface area (Å²) in [7, 11) is 0. The molecular formula is C15H21NO2. The van der Waals surface area contributed by atoms with Crippen molar-refractivity contribution in [1.82, 2.24) is 0 Å². The number of carbonyl (C=O) groups excluding carboxylic acids is 1. The molecule has 0 aliphatic carbocycles. The molecule has 1 aliphatic heterocycles. The second-order valence-corrected chi connectivity index (χ2v) is 5.81. The maximum absolute atomic E-state index is 12.1. The zero-order chi connectivity index (χ0) is 13.2. The Kier molecular flexibility index (Phi) is 3.60. The van der Waals surface area contributed by atoms with Gasteiger partial charge in [-0.1, -0.05) is 18.2 Å². The van der Waals surface area contributed by atoms with Crippen molar-refractivity contribution in [3.05, 3.63) is 29.8 Å². The minimum atomic E-state index is -0.407. The van der Waals surface area contributed by atoms with Crippen LogP contribution in [0.1, 0.15) is 32.8 Å². The van der Waals surface area contributed by atoms with E-state index < -0.39 is 5.60 Å². The number of hydrogen-bond donors (Lipinski definition) is 1. The van der Waals surface area contributed by atoms with Crippen LogP contribution in [0.5, 0.6) is 0 Å². The highest BCUT2D eigenvalue weighted by molar-refractivity contribution is 5.74. The van der Waals surface area contributed by atoms with Gasteiger partial charge >= 0.3 is 5.97 Å². The van der Waals surface area contributed by atoms with E-state index in [0.29, 0.717) is 6.54 Å². The van der Waals surface area contributed by atoms with Gasteiger partial charge in [0.15, 0.2) is 0 Å². The number of para-hydroxylation sites is 1. The second-order valence-electron chi connectivity index (χ2n) is 5.81. The molecule has 0 fully saturated rings. The lowest BCUT2D eigenvalue weighted by Gasteiger charge is -2.23. The van der Waals surface area contributed by atoms with Gasteiger partial charge in [0.1, 0.15) is 5.60 Å². The number of nitrogens with one attached hydrogen (secondary N) is 1. The number of fused-ring (bicyclic) bond motifs is 1. The van der Waals surface area contributed by atoms with Crippen LogP contribution in [0.2, 0.25) is 0 Å². The molecule has 1 aromatic rings. The predicted molar refractivity (Wildman–Crippen MR) is 72.6 cm³/mol. The van der Waals surface area contributed by atoms with E-state index in [1.807, 2.05) is 32.9 Å². The van der Waals surface area contributed by atoms with E-state index in [1.54, 1.807) is 0 Å². The molecule has 3 heteroatoms. The first-order valence-electron chi connectivity index (χ1n) is 6.50. The fourth-order valence-corrected chi connectivity index (χ4v) is 2.16. The highest BCUT2D eigenvalue weighted by atomic mass is 16.6. The van der Waals surface area contributed by atoms with Gasteiger partial charge in [-0.05, 0) is 45.2 Å². The van der Waals surface area contributed by atoms with Crippen molar-refractivity contribution in [1.29, 1.82) is 0 Å². The lowest BCUT2D eigenvalue weighted by atomic mass is 10.0. The number of benzene rings is 1. The Labute approximate surface area is 109 Å². The van der Waals surface area contributed by atoms with Gasteiger partial charge in [0.2, 0.25) is 0 Å². The molecule has 0 bridgehead atoms. The summed E-state index contributed by atoms with van der Waals surface area (Å²) in [5.41, 5.74) is 2.02. The first kappa shape index (κ1) is 12.9. The fourth-order valence-electron chi connectivity index (χ4n) is 2.16. The molecule has 0 amide bonds. The third kappa shape index (κ3) is 3.25. The highest BCUT2D eigenvalue weighted by Gasteiger charge is 2.26. The van der Waals surface area contributed by atoms with Gasteiger partial charge in [0.05, 0.1) is 5.92 Å². The summed E-state index contributed by atoms with van der Waals surface area (Å²) in [6, 6.07) is 8.22. The van der Waals surface area contributed by atoms with Crippen molar-refractivity contribution in [2.75, 3.05) is 11.9 Å². The van der Waals surface area contributed by atoms with Crippen LogP contribution >= 0.6 is 0 Å². The van der Waals surface area contributed by atoms with E-state index in [2.05, 4.69) is 17.4 Å². The van der Waals surface area contributed by atoms with Crippen LogP contribution in [0.15, 0.2) is 24.3 Å². The molecule has 98 valence electrons. The summed E-state index contributed by atoms with van der Waals surface area (Å²) in [4.78, 5) is 12.1. The second kappa shape index (κ2) is 5.01. The van der Waals surface area contributed by atoms with Gasteiger partial charge in [-0.25, -0.2) is 0 Å². The Hall–Kier alpha value is -1.51. The van der Waals surface area contributed by atoms with Crippen LogP contribution in [-0.2, 0) is 16.0 Å². The highest BCUT2D eigenvalue weighted by Crippen LogP contribution is 2.25. The summed E-state index contributed by atoms with van der Waals surface area (Å²) in [6.07, 6.45) is 1.77. The van der Waals surface area contributed by atoms with Crippen molar-refractivity contribution in [2.24, 2.45) is 5.92 Å². The molecule has 0 aromatic heterocycles. The molecule has 3 nitrogen and oxygen atoms in total. The molecule has 1 heterocycles. The third-order valence-electron chi connectivity index (χ3n) is 3.06. The Balaban J connectivity index is 2.02. The topological polar surface area (TPSA) is 38.3 Å². The van der Waals surface area contributed by atoms with E-state index in [4.69, 9.17) is 4.74 Å². The number of anilines is 1. The van der Waals surface area contributed by atoms with E-state index in [-0.39, 0.29) is 11.9 Å². The number of aryl methyl sites for hydroxylation is 1. The molecule has 18 heavy (non-hydrogen) atoms. The number of hydrogen-bond acceptors (Lipinski definition) is 3. The lowest BCUT2D eigenvalue weighted by Crippen LogP contribution is -2.31. The zero-order valence-corrected chi connectivity index (χ0v) is 11.3. The average molecular weight is 247 g/mol. The van der Waals surface area contributed by atoms with Crippen LogP contribution in [0.4, 0.5) is 5.69 Å². The van der Waals surface area contributed by atoms with Crippen molar-refractivity contribution >= 4 is 11.7 Å². The van der Waals surface area contributed by atoms with Gasteiger partial charge in [-0.2, -0.15) is 0 Å². The smallest absolute Gasteiger partial charge is 0.311 e. The minimum absolute atomic E-state index is 0.0587. The first-order valence-corrected chi connectivity index (χ1v) is 6.50. The standard InChI is InChI=1S/C15H21NO2/c1-15(2,3)18-14(17)12-9-8-11-6-4-5-7-13(11)16-10-12/h4-7,12,16H,8-10H2,1-3H3. The predicted octanol–water partition coefficient (Wildman–Crippen LogP) is 3.00. The lowest BCUT2D eigenvalue weighted by molar-refractivity contribution is -0.159. The number of ether oxygens (including phenoxy) is 1. The SMILES string of the molecule is CC(C)(C)OC(=O)C1CCc2ccccc2NC1. The van der Waals surface area contributed by atoms with E-state index in [9.17, 15) is 4.79 Å². The van der Waals surface area contributed by atoms with Crippen molar-refractivity contribution in [3.8, 4) is 0 Å². The summed E-state index contributed by atoms with van der Waals surface area (Å²) in [5, 5.41) is 3.34. The molecule has 0 radical (unpaired) electrons. The van der Waals surface area contributed by atoms with Gasteiger partial charge < -0.3 is 10.1 Å². The van der Waals surface area contributed by atoms with Crippen molar-refractivity contribution in [3.63, 3.8) is 0 Å². The molecular weight excluding hydrogens is 226 g/mol. The van der Waals surface area contributed by atoms with Crippen LogP contribution in [0, 0.1) is 5.92 Å². The van der Waals surface area contributed by atoms with Crippen LogP contribution in [-0.4, -0.2) is 18.1 Å². The molecule has 2 rings (SSSR count). The Morgan fingerprint density at radius 2 is 2.06 bits per heavy atom. The monoisotopic (exact) mass is 247 g/mol. The van der Waals surface area contributed by atoms with E-state index in [0.717, 1.165) is 18.5 Å². The van der Waals surface area contributed by atoms with E-state index in [1.165, 1.54) is 5.56 Å². The maximum Gasteiger partial charge on any atom is 0.311 e. The Morgan fingerprint density at radius 1 is 1.33 bits per heavy atom. The quantitative estimate of drug-likeness (QED) is 0.775. The number of carbonyl (C=O) groups is 1. The largest absolute Gasteiger partial charge is 0.460 e. The summed E-state index contributed by atoms with van der Waals surface area (Å²) < 4.78 is 5.45. The van der Waals surface area contributed by atoms with E-state index >= 15 is 0 Å². The first-order chi connectivity index (χ1) is 8.46. The number of rotatable bonds is 1. The van der Waals surface area contributed by atoms with Crippen molar-refractivity contribution < 1.29 is 9.53 Å². The van der Waals surface area contributed by atoms with Gasteiger partial charge in [0, 0.05) is 12.2 Å². The Morgan fingerprint density at radius 3 is 2.78 bits per heavy atom. The molecule has 1 aliphatic rings. The number of esters is 1. The average Bonchev–Trinajstić information content (AvgIpc) is 2.49. The zero-order valence-electron chi connectivity index (χ0n) is 11.3. The van der Waals surface area contributed by atoms with Gasteiger partial charge in [0.25, 0.3) is 0 Å². The van der Waals surface area contributed by atoms with Crippen LogP contribution in [0.3, 0.4) is 0 Å². The molecule has 0 saturated carbocycles. The normalized spacial score (nSPS) is 19.4. The molecule has 0 spiro atoms. The molecule has 1 atom stereocenters. The summed E-state index contributed by atoms with van der Waals surface area (Å²) >= 11 is 0. The molecule has 1 aromatic carbocycles. The summed E-state index contributed by atoms with van der Waals surface area (Å²) in [5.74, 6) is -0.153. The minimum Gasteiger partial charge on any atom is -0.460 e. The third-order valence-corrected chi connectivity index (χ3v) is 3.06. The summed E-state index contributed by atoms with van der Waals surface area (Å²) in [6.45, 7) is 6.38.